The van der Waals surface area contributed by atoms with Gasteiger partial charge in [-0.1, -0.05) is 31.9 Å². The van der Waals surface area contributed by atoms with E-state index in [-0.39, 0.29) is 5.54 Å². The molecule has 0 aromatic rings. The van der Waals surface area contributed by atoms with Gasteiger partial charge in [0.2, 0.25) is 0 Å². The third-order valence-corrected chi connectivity index (χ3v) is 2.61. The molecule has 0 saturated carbocycles. The highest BCUT2D eigenvalue weighted by atomic mass is 14.9. The van der Waals surface area contributed by atoms with E-state index in [1.54, 1.807) is 0 Å². The summed E-state index contributed by atoms with van der Waals surface area (Å²) in [5, 5.41) is 3.52. The Morgan fingerprint density at radius 3 is 2.20 bits per heavy atom. The van der Waals surface area contributed by atoms with Crippen LogP contribution in [0, 0.1) is 0 Å². The number of unbranched alkanes of at least 4 members (excludes halogenated alkanes) is 3. The Hall–Kier alpha value is -0.300. The fourth-order valence-electron chi connectivity index (χ4n) is 1.49. The Balaban J connectivity index is 3.16. The number of allylic oxidation sites excluding steroid dienone is 1. The monoisotopic (exact) mass is 211 g/mol. The maximum absolute atomic E-state index is 4.03. The Morgan fingerprint density at radius 1 is 1.07 bits per heavy atom. The Bertz CT molecular complexity index is 165. The molecule has 0 bridgehead atoms. The van der Waals surface area contributed by atoms with Crippen LogP contribution in [0.5, 0.6) is 0 Å². The molecule has 1 heteroatoms. The van der Waals surface area contributed by atoms with Gasteiger partial charge in [-0.2, -0.15) is 0 Å². The van der Waals surface area contributed by atoms with Gasteiger partial charge >= 0.3 is 0 Å². The molecule has 0 spiro atoms. The van der Waals surface area contributed by atoms with Crippen molar-refractivity contribution in [3.05, 3.63) is 12.2 Å². The van der Waals surface area contributed by atoms with Gasteiger partial charge in [0.15, 0.2) is 0 Å². The molecule has 0 heterocycles. The lowest BCUT2D eigenvalue weighted by molar-refractivity contribution is 0.416. The fourth-order valence-corrected chi connectivity index (χ4v) is 1.49. The molecule has 0 aromatic carbocycles. The van der Waals surface area contributed by atoms with Crippen molar-refractivity contribution in [2.24, 2.45) is 0 Å². The summed E-state index contributed by atoms with van der Waals surface area (Å²) in [6.45, 7) is 14.0. The lowest BCUT2D eigenvalue weighted by Crippen LogP contribution is -2.36. The maximum atomic E-state index is 4.03. The number of hydrogen-bond donors (Lipinski definition) is 1. The average Bonchev–Trinajstić information content (AvgIpc) is 2.14. The molecule has 0 amide bonds. The molecule has 15 heavy (non-hydrogen) atoms. The van der Waals surface area contributed by atoms with Crippen molar-refractivity contribution < 1.29 is 0 Å². The van der Waals surface area contributed by atoms with Crippen molar-refractivity contribution in [2.75, 3.05) is 6.54 Å². The predicted octanol–water partition coefficient (Wildman–Crippen LogP) is 4.29. The SMILES string of the molecule is C=C(CC)CCCCCCNC(C)(C)C. The molecular weight excluding hydrogens is 182 g/mol. The molecule has 1 nitrogen and oxygen atoms in total. The van der Waals surface area contributed by atoms with Gasteiger partial charge in [0.05, 0.1) is 0 Å². The minimum Gasteiger partial charge on any atom is -0.312 e. The predicted molar refractivity (Wildman–Crippen MR) is 70.3 cm³/mol. The van der Waals surface area contributed by atoms with Crippen LogP contribution in [0.15, 0.2) is 12.2 Å². The molecule has 0 radical (unpaired) electrons. The molecule has 0 atom stereocenters. The largest absolute Gasteiger partial charge is 0.312 e. The molecule has 0 saturated heterocycles. The molecule has 0 rings (SSSR count). The van der Waals surface area contributed by atoms with Crippen LogP contribution in [-0.2, 0) is 0 Å². The van der Waals surface area contributed by atoms with Crippen LogP contribution in [-0.4, -0.2) is 12.1 Å². The van der Waals surface area contributed by atoms with E-state index in [0.717, 1.165) is 13.0 Å². The standard InChI is InChI=1S/C14H29N/c1-6-13(2)11-9-7-8-10-12-15-14(3,4)5/h15H,2,6-12H2,1,3-5H3. The van der Waals surface area contributed by atoms with Crippen molar-refractivity contribution in [1.82, 2.24) is 5.32 Å². The van der Waals surface area contributed by atoms with E-state index in [1.165, 1.54) is 37.7 Å². The van der Waals surface area contributed by atoms with Crippen LogP contribution in [0.2, 0.25) is 0 Å². The first-order chi connectivity index (χ1) is 6.95. The van der Waals surface area contributed by atoms with Gasteiger partial charge in [-0.05, 0) is 53.0 Å². The minimum absolute atomic E-state index is 0.274. The fraction of sp³-hybridized carbons (Fsp3) is 0.857. The van der Waals surface area contributed by atoms with E-state index in [4.69, 9.17) is 0 Å². The molecular formula is C14H29N. The molecule has 0 fully saturated rings. The van der Waals surface area contributed by atoms with Crippen LogP contribution in [0.1, 0.15) is 66.2 Å². The lowest BCUT2D eigenvalue weighted by atomic mass is 10.1. The smallest absolute Gasteiger partial charge is 0.00965 e. The van der Waals surface area contributed by atoms with E-state index >= 15 is 0 Å². The molecule has 0 aliphatic heterocycles. The average molecular weight is 211 g/mol. The van der Waals surface area contributed by atoms with Crippen LogP contribution >= 0.6 is 0 Å². The summed E-state index contributed by atoms with van der Waals surface area (Å²) >= 11 is 0. The second-order valence-electron chi connectivity index (χ2n) is 5.44. The number of hydrogen-bond acceptors (Lipinski definition) is 1. The van der Waals surface area contributed by atoms with Crippen LogP contribution in [0.25, 0.3) is 0 Å². The van der Waals surface area contributed by atoms with E-state index in [9.17, 15) is 0 Å². The molecule has 0 aliphatic rings. The van der Waals surface area contributed by atoms with E-state index in [1.807, 2.05) is 0 Å². The third-order valence-electron chi connectivity index (χ3n) is 2.61. The van der Waals surface area contributed by atoms with Crippen molar-refractivity contribution in [3.63, 3.8) is 0 Å². The first-order valence-electron chi connectivity index (χ1n) is 6.37. The summed E-state index contributed by atoms with van der Waals surface area (Å²) in [6.07, 6.45) is 7.69. The highest BCUT2D eigenvalue weighted by Gasteiger charge is 2.06. The minimum atomic E-state index is 0.274. The van der Waals surface area contributed by atoms with Gasteiger partial charge in [-0.25, -0.2) is 0 Å². The van der Waals surface area contributed by atoms with Gasteiger partial charge in [-0.15, -0.1) is 0 Å². The molecule has 90 valence electrons. The molecule has 0 aromatic heterocycles. The van der Waals surface area contributed by atoms with E-state index < -0.39 is 0 Å². The van der Waals surface area contributed by atoms with Gasteiger partial charge in [0.25, 0.3) is 0 Å². The lowest BCUT2D eigenvalue weighted by Gasteiger charge is -2.20. The normalized spacial score (nSPS) is 11.7. The first kappa shape index (κ1) is 14.7. The van der Waals surface area contributed by atoms with Gasteiger partial charge in [0, 0.05) is 5.54 Å². The summed E-state index contributed by atoms with van der Waals surface area (Å²) in [5.74, 6) is 0. The highest BCUT2D eigenvalue weighted by Crippen LogP contribution is 2.10. The molecule has 0 aliphatic carbocycles. The van der Waals surface area contributed by atoms with Crippen LogP contribution in [0.4, 0.5) is 0 Å². The molecule has 1 N–H and O–H groups in total. The van der Waals surface area contributed by atoms with Gasteiger partial charge < -0.3 is 5.32 Å². The van der Waals surface area contributed by atoms with Crippen molar-refractivity contribution in [3.8, 4) is 0 Å². The zero-order valence-corrected chi connectivity index (χ0v) is 11.2. The van der Waals surface area contributed by atoms with Crippen molar-refractivity contribution in [2.45, 2.75) is 71.8 Å². The van der Waals surface area contributed by atoms with Gasteiger partial charge in [-0.3, -0.25) is 0 Å². The van der Waals surface area contributed by atoms with Crippen LogP contribution < -0.4 is 5.32 Å². The highest BCUT2D eigenvalue weighted by molar-refractivity contribution is 4.91. The zero-order valence-electron chi connectivity index (χ0n) is 11.2. The van der Waals surface area contributed by atoms with E-state index in [0.29, 0.717) is 0 Å². The topological polar surface area (TPSA) is 12.0 Å². The Kier molecular flexibility index (Phi) is 7.76. The van der Waals surface area contributed by atoms with Crippen molar-refractivity contribution in [1.29, 1.82) is 0 Å². The Morgan fingerprint density at radius 2 is 1.67 bits per heavy atom. The summed E-state index contributed by atoms with van der Waals surface area (Å²) in [6, 6.07) is 0. The summed E-state index contributed by atoms with van der Waals surface area (Å²) in [7, 11) is 0. The zero-order chi connectivity index (χ0) is 11.7. The third kappa shape index (κ3) is 11.6. The summed E-state index contributed by atoms with van der Waals surface area (Å²) < 4.78 is 0. The van der Waals surface area contributed by atoms with E-state index in [2.05, 4.69) is 39.6 Å². The summed E-state index contributed by atoms with van der Waals surface area (Å²) in [5.41, 5.74) is 1.68. The maximum Gasteiger partial charge on any atom is 0.00965 e. The Labute approximate surface area is 96.3 Å². The molecule has 0 unspecified atom stereocenters. The summed E-state index contributed by atoms with van der Waals surface area (Å²) in [4.78, 5) is 0. The van der Waals surface area contributed by atoms with Crippen molar-refractivity contribution >= 4 is 0 Å². The second-order valence-corrected chi connectivity index (χ2v) is 5.44. The van der Waals surface area contributed by atoms with Crippen LogP contribution in [0.3, 0.4) is 0 Å². The first-order valence-corrected chi connectivity index (χ1v) is 6.37. The quantitative estimate of drug-likeness (QED) is 0.466. The number of rotatable bonds is 8. The van der Waals surface area contributed by atoms with Gasteiger partial charge in [0.1, 0.15) is 0 Å². The number of nitrogens with one attached hydrogen (secondary N) is 1. The second kappa shape index (κ2) is 7.92.